The number of unbranched alkanes of at least 4 members (excludes halogenated alkanes) is 3. The van der Waals surface area contributed by atoms with Crippen LogP contribution in [0.5, 0.6) is 0 Å². The van der Waals surface area contributed by atoms with Gasteiger partial charge < -0.3 is 0 Å². The van der Waals surface area contributed by atoms with Crippen LogP contribution in [0.3, 0.4) is 0 Å². The Morgan fingerprint density at radius 2 is 2.07 bits per heavy atom. The van der Waals surface area contributed by atoms with E-state index in [1.54, 1.807) is 0 Å². The zero-order valence-electron chi connectivity index (χ0n) is 9.47. The van der Waals surface area contributed by atoms with Crippen LogP contribution in [-0.2, 0) is 0 Å². The van der Waals surface area contributed by atoms with Crippen LogP contribution in [0.15, 0.2) is 0 Å². The minimum atomic E-state index is 0.875. The SMILES string of the molecule is CCCCCCC1CCCCN1CBr. The zero-order chi connectivity index (χ0) is 10.2. The molecule has 0 aromatic heterocycles. The van der Waals surface area contributed by atoms with Crippen molar-refractivity contribution in [3.63, 3.8) is 0 Å². The smallest absolute Gasteiger partial charge is 0.0545 e. The first-order valence-electron chi connectivity index (χ1n) is 6.18. The maximum atomic E-state index is 3.60. The normalized spacial score (nSPS) is 24.0. The molecule has 0 aromatic rings. The van der Waals surface area contributed by atoms with E-state index in [2.05, 4.69) is 27.8 Å². The predicted octanol–water partition coefficient (Wildman–Crippen LogP) is 4.16. The molecule has 1 atom stereocenters. The summed E-state index contributed by atoms with van der Waals surface area (Å²) < 4.78 is 0. The molecule has 1 aliphatic rings. The van der Waals surface area contributed by atoms with Gasteiger partial charge in [0.25, 0.3) is 0 Å². The summed E-state index contributed by atoms with van der Waals surface area (Å²) in [5.74, 6) is 0. The summed E-state index contributed by atoms with van der Waals surface area (Å²) in [6, 6.07) is 0.875. The van der Waals surface area contributed by atoms with E-state index in [1.165, 1.54) is 57.9 Å². The molecule has 1 heterocycles. The molecule has 0 N–H and O–H groups in total. The van der Waals surface area contributed by atoms with Crippen LogP contribution in [0.1, 0.15) is 58.3 Å². The van der Waals surface area contributed by atoms with Gasteiger partial charge >= 0.3 is 0 Å². The van der Waals surface area contributed by atoms with E-state index in [0.717, 1.165) is 11.5 Å². The Labute approximate surface area is 97.4 Å². The van der Waals surface area contributed by atoms with Gasteiger partial charge in [0.2, 0.25) is 0 Å². The number of alkyl halides is 1. The molecular formula is C12H24BrN. The molecule has 0 radical (unpaired) electrons. The average Bonchev–Trinajstić information content (AvgIpc) is 2.25. The van der Waals surface area contributed by atoms with Crippen molar-refractivity contribution in [3.05, 3.63) is 0 Å². The Hall–Kier alpha value is 0.440. The Morgan fingerprint density at radius 1 is 1.21 bits per heavy atom. The van der Waals surface area contributed by atoms with E-state index in [-0.39, 0.29) is 0 Å². The molecule has 0 aliphatic carbocycles. The van der Waals surface area contributed by atoms with Crippen molar-refractivity contribution in [1.82, 2.24) is 4.90 Å². The lowest BCUT2D eigenvalue weighted by Crippen LogP contribution is -2.38. The third kappa shape index (κ3) is 4.31. The molecule has 0 bridgehead atoms. The second-order valence-electron chi connectivity index (χ2n) is 4.43. The lowest BCUT2D eigenvalue weighted by Gasteiger charge is -2.34. The fourth-order valence-corrected chi connectivity index (χ4v) is 3.01. The maximum Gasteiger partial charge on any atom is 0.0545 e. The number of nitrogens with zero attached hydrogens (tertiary/aromatic N) is 1. The third-order valence-corrected chi connectivity index (χ3v) is 3.94. The van der Waals surface area contributed by atoms with Gasteiger partial charge in [-0.3, -0.25) is 4.90 Å². The molecule has 14 heavy (non-hydrogen) atoms. The molecule has 84 valence electrons. The lowest BCUT2D eigenvalue weighted by molar-refractivity contribution is 0.166. The van der Waals surface area contributed by atoms with E-state index in [9.17, 15) is 0 Å². The van der Waals surface area contributed by atoms with Crippen molar-refractivity contribution in [2.24, 2.45) is 0 Å². The van der Waals surface area contributed by atoms with Crippen molar-refractivity contribution in [2.75, 3.05) is 12.0 Å². The highest BCUT2D eigenvalue weighted by Crippen LogP contribution is 2.22. The molecule has 2 heteroatoms. The van der Waals surface area contributed by atoms with Gasteiger partial charge in [-0.15, -0.1) is 0 Å². The fraction of sp³-hybridized carbons (Fsp3) is 1.00. The van der Waals surface area contributed by atoms with Gasteiger partial charge in [0.1, 0.15) is 0 Å². The molecule has 1 fully saturated rings. The molecule has 1 nitrogen and oxygen atoms in total. The summed E-state index contributed by atoms with van der Waals surface area (Å²) in [4.78, 5) is 2.61. The Kier molecular flexibility index (Phi) is 6.88. The van der Waals surface area contributed by atoms with Gasteiger partial charge in [-0.05, 0) is 25.8 Å². The molecule has 1 rings (SSSR count). The second kappa shape index (κ2) is 7.70. The highest BCUT2D eigenvalue weighted by molar-refractivity contribution is 9.09. The standard InChI is InChI=1S/C12H24BrN/c1-2-3-4-5-8-12-9-6-7-10-14(12)11-13/h12H,2-11H2,1H3. The number of hydrogen-bond donors (Lipinski definition) is 0. The largest absolute Gasteiger partial charge is 0.291 e. The predicted molar refractivity (Wildman–Crippen MR) is 66.9 cm³/mol. The lowest BCUT2D eigenvalue weighted by atomic mass is 9.97. The molecule has 1 saturated heterocycles. The summed E-state index contributed by atoms with van der Waals surface area (Å²) in [5.41, 5.74) is 1.07. The molecule has 0 spiro atoms. The second-order valence-corrected chi connectivity index (χ2v) is 4.93. The highest BCUT2D eigenvalue weighted by Gasteiger charge is 2.20. The number of piperidine rings is 1. The quantitative estimate of drug-likeness (QED) is 0.394. The van der Waals surface area contributed by atoms with Crippen LogP contribution < -0.4 is 0 Å². The number of rotatable bonds is 6. The average molecular weight is 262 g/mol. The van der Waals surface area contributed by atoms with E-state index in [1.807, 2.05) is 0 Å². The van der Waals surface area contributed by atoms with E-state index < -0.39 is 0 Å². The van der Waals surface area contributed by atoms with Crippen molar-refractivity contribution in [2.45, 2.75) is 64.3 Å². The van der Waals surface area contributed by atoms with E-state index in [4.69, 9.17) is 0 Å². The number of hydrogen-bond acceptors (Lipinski definition) is 1. The first-order valence-corrected chi connectivity index (χ1v) is 7.30. The topological polar surface area (TPSA) is 3.24 Å². The minimum Gasteiger partial charge on any atom is -0.291 e. The van der Waals surface area contributed by atoms with Crippen molar-refractivity contribution in [3.8, 4) is 0 Å². The minimum absolute atomic E-state index is 0.875. The van der Waals surface area contributed by atoms with Crippen LogP contribution in [0, 0.1) is 0 Å². The van der Waals surface area contributed by atoms with Crippen molar-refractivity contribution in [1.29, 1.82) is 0 Å². The van der Waals surface area contributed by atoms with Crippen molar-refractivity contribution < 1.29 is 0 Å². The first kappa shape index (κ1) is 12.5. The van der Waals surface area contributed by atoms with Crippen LogP contribution in [0.25, 0.3) is 0 Å². The molecular weight excluding hydrogens is 238 g/mol. The summed E-state index contributed by atoms with van der Waals surface area (Å²) in [6.07, 6.45) is 11.3. The molecule has 0 amide bonds. The molecule has 0 aromatic carbocycles. The van der Waals surface area contributed by atoms with Crippen LogP contribution >= 0.6 is 15.9 Å². The highest BCUT2D eigenvalue weighted by atomic mass is 79.9. The van der Waals surface area contributed by atoms with Gasteiger partial charge in [0.05, 0.1) is 5.45 Å². The third-order valence-electron chi connectivity index (χ3n) is 3.29. The van der Waals surface area contributed by atoms with Crippen LogP contribution in [0.4, 0.5) is 0 Å². The van der Waals surface area contributed by atoms with Gasteiger partial charge in [0, 0.05) is 6.04 Å². The first-order chi connectivity index (χ1) is 6.88. The van der Waals surface area contributed by atoms with Crippen LogP contribution in [-0.4, -0.2) is 22.9 Å². The number of likely N-dealkylation sites (tertiary alicyclic amines) is 1. The van der Waals surface area contributed by atoms with Gasteiger partial charge in [-0.1, -0.05) is 55.0 Å². The molecule has 0 saturated carbocycles. The van der Waals surface area contributed by atoms with Gasteiger partial charge in [-0.25, -0.2) is 0 Å². The molecule has 1 unspecified atom stereocenters. The Balaban J connectivity index is 2.13. The summed E-state index contributed by atoms with van der Waals surface area (Å²) in [6.45, 7) is 3.59. The number of halogens is 1. The zero-order valence-corrected chi connectivity index (χ0v) is 11.1. The van der Waals surface area contributed by atoms with Crippen molar-refractivity contribution >= 4 is 15.9 Å². The van der Waals surface area contributed by atoms with Gasteiger partial charge in [-0.2, -0.15) is 0 Å². The molecule has 1 aliphatic heterocycles. The monoisotopic (exact) mass is 261 g/mol. The Bertz CT molecular complexity index is 138. The van der Waals surface area contributed by atoms with E-state index >= 15 is 0 Å². The Morgan fingerprint density at radius 3 is 2.79 bits per heavy atom. The van der Waals surface area contributed by atoms with Gasteiger partial charge in [0.15, 0.2) is 0 Å². The maximum absolute atomic E-state index is 3.60. The summed E-state index contributed by atoms with van der Waals surface area (Å²) >= 11 is 3.60. The fourth-order valence-electron chi connectivity index (χ4n) is 2.35. The summed E-state index contributed by atoms with van der Waals surface area (Å²) in [5, 5.41) is 0. The van der Waals surface area contributed by atoms with Crippen LogP contribution in [0.2, 0.25) is 0 Å². The van der Waals surface area contributed by atoms with E-state index in [0.29, 0.717) is 0 Å². The summed E-state index contributed by atoms with van der Waals surface area (Å²) in [7, 11) is 0.